The van der Waals surface area contributed by atoms with Gasteiger partial charge in [-0.1, -0.05) is 26.7 Å². The molecular formula is C12H21N3. The first-order valence-electron chi connectivity index (χ1n) is 6.26. The summed E-state index contributed by atoms with van der Waals surface area (Å²) in [4.78, 5) is 0. The molecule has 1 atom stereocenters. The molecule has 3 nitrogen and oxygen atoms in total. The molecule has 1 aliphatic carbocycles. The lowest BCUT2D eigenvalue weighted by Crippen LogP contribution is -2.07. The van der Waals surface area contributed by atoms with Gasteiger partial charge in [-0.15, -0.1) is 10.2 Å². The van der Waals surface area contributed by atoms with Crippen LogP contribution in [-0.2, 0) is 0 Å². The van der Waals surface area contributed by atoms with Gasteiger partial charge in [0, 0.05) is 12.0 Å². The zero-order chi connectivity index (χ0) is 10.7. The average Bonchev–Trinajstić information content (AvgIpc) is 2.99. The third-order valence-corrected chi connectivity index (χ3v) is 3.31. The number of unbranched alkanes of at least 4 members (excludes halogenated alkanes) is 1. The van der Waals surface area contributed by atoms with Crippen LogP contribution in [0.5, 0.6) is 0 Å². The second-order valence-electron chi connectivity index (χ2n) is 4.57. The standard InChI is InChI=1S/C12H21N3/c1-3-5-6-10(4-2)12-14-13-9-15(12)11-7-8-11/h9-11H,3-8H2,1-2H3. The Morgan fingerprint density at radius 2 is 2.27 bits per heavy atom. The molecule has 0 aliphatic heterocycles. The summed E-state index contributed by atoms with van der Waals surface area (Å²) in [6.45, 7) is 4.50. The molecule has 1 unspecified atom stereocenters. The number of nitrogens with zero attached hydrogens (tertiary/aromatic N) is 3. The van der Waals surface area contributed by atoms with Gasteiger partial charge in [0.1, 0.15) is 12.2 Å². The molecule has 0 radical (unpaired) electrons. The predicted molar refractivity (Wildman–Crippen MR) is 60.9 cm³/mol. The van der Waals surface area contributed by atoms with Crippen molar-refractivity contribution in [1.29, 1.82) is 0 Å². The summed E-state index contributed by atoms with van der Waals surface area (Å²) in [7, 11) is 0. The first-order valence-corrected chi connectivity index (χ1v) is 6.26. The van der Waals surface area contributed by atoms with Crippen LogP contribution in [0, 0.1) is 0 Å². The number of hydrogen-bond donors (Lipinski definition) is 0. The second kappa shape index (κ2) is 4.77. The fraction of sp³-hybridized carbons (Fsp3) is 0.833. The Morgan fingerprint density at radius 1 is 1.47 bits per heavy atom. The quantitative estimate of drug-likeness (QED) is 0.716. The van der Waals surface area contributed by atoms with Gasteiger partial charge in [-0.2, -0.15) is 0 Å². The van der Waals surface area contributed by atoms with E-state index in [1.807, 2.05) is 6.33 Å². The van der Waals surface area contributed by atoms with Crippen molar-refractivity contribution in [3.8, 4) is 0 Å². The fourth-order valence-corrected chi connectivity index (χ4v) is 2.14. The molecule has 84 valence electrons. The summed E-state index contributed by atoms with van der Waals surface area (Å²) in [6.07, 6.45) is 9.57. The van der Waals surface area contributed by atoms with Crippen LogP contribution >= 0.6 is 0 Å². The van der Waals surface area contributed by atoms with E-state index in [-0.39, 0.29) is 0 Å². The van der Waals surface area contributed by atoms with Crippen molar-refractivity contribution in [1.82, 2.24) is 14.8 Å². The van der Waals surface area contributed by atoms with Crippen molar-refractivity contribution in [2.24, 2.45) is 0 Å². The van der Waals surface area contributed by atoms with Crippen molar-refractivity contribution in [3.63, 3.8) is 0 Å². The van der Waals surface area contributed by atoms with E-state index in [0.29, 0.717) is 12.0 Å². The van der Waals surface area contributed by atoms with Crippen molar-refractivity contribution < 1.29 is 0 Å². The van der Waals surface area contributed by atoms with Crippen LogP contribution in [0.3, 0.4) is 0 Å². The maximum atomic E-state index is 4.31. The van der Waals surface area contributed by atoms with Gasteiger partial charge >= 0.3 is 0 Å². The predicted octanol–water partition coefficient (Wildman–Crippen LogP) is 3.30. The van der Waals surface area contributed by atoms with E-state index in [1.165, 1.54) is 44.3 Å². The highest BCUT2D eigenvalue weighted by molar-refractivity contribution is 5.01. The van der Waals surface area contributed by atoms with Crippen LogP contribution in [-0.4, -0.2) is 14.8 Å². The largest absolute Gasteiger partial charge is 0.314 e. The van der Waals surface area contributed by atoms with E-state index in [0.717, 1.165) is 0 Å². The molecule has 0 spiro atoms. The maximum Gasteiger partial charge on any atom is 0.136 e. The Morgan fingerprint density at radius 3 is 2.87 bits per heavy atom. The van der Waals surface area contributed by atoms with E-state index in [1.54, 1.807) is 0 Å². The Labute approximate surface area is 91.9 Å². The number of hydrogen-bond acceptors (Lipinski definition) is 2. The SMILES string of the molecule is CCCCC(CC)c1nncn1C1CC1. The molecule has 0 bridgehead atoms. The topological polar surface area (TPSA) is 30.7 Å². The molecule has 1 aliphatic rings. The Hall–Kier alpha value is -0.860. The molecule has 15 heavy (non-hydrogen) atoms. The van der Waals surface area contributed by atoms with E-state index < -0.39 is 0 Å². The summed E-state index contributed by atoms with van der Waals surface area (Å²) in [5.74, 6) is 1.85. The third kappa shape index (κ3) is 2.39. The zero-order valence-corrected chi connectivity index (χ0v) is 9.82. The molecule has 0 N–H and O–H groups in total. The minimum Gasteiger partial charge on any atom is -0.314 e. The summed E-state index contributed by atoms with van der Waals surface area (Å²) in [5.41, 5.74) is 0. The third-order valence-electron chi connectivity index (χ3n) is 3.31. The highest BCUT2D eigenvalue weighted by atomic mass is 15.3. The van der Waals surface area contributed by atoms with Crippen LogP contribution in [0.4, 0.5) is 0 Å². The highest BCUT2D eigenvalue weighted by Crippen LogP contribution is 2.37. The van der Waals surface area contributed by atoms with Crippen LogP contribution in [0.25, 0.3) is 0 Å². The van der Waals surface area contributed by atoms with Crippen LogP contribution in [0.2, 0.25) is 0 Å². The average molecular weight is 207 g/mol. The van der Waals surface area contributed by atoms with Gasteiger partial charge in [0.2, 0.25) is 0 Å². The molecule has 0 aromatic carbocycles. The van der Waals surface area contributed by atoms with E-state index in [2.05, 4.69) is 28.6 Å². The molecule has 1 heterocycles. The molecule has 1 aromatic rings. The summed E-state index contributed by atoms with van der Waals surface area (Å²) in [5, 5.41) is 8.39. The van der Waals surface area contributed by atoms with Crippen LogP contribution < -0.4 is 0 Å². The highest BCUT2D eigenvalue weighted by Gasteiger charge is 2.28. The van der Waals surface area contributed by atoms with Crippen molar-refractivity contribution in [2.45, 2.75) is 64.3 Å². The Kier molecular flexibility index (Phi) is 3.39. The molecule has 3 heteroatoms. The van der Waals surface area contributed by atoms with E-state index in [4.69, 9.17) is 0 Å². The van der Waals surface area contributed by atoms with Crippen molar-refractivity contribution in [3.05, 3.63) is 12.2 Å². The normalized spacial score (nSPS) is 18.0. The Bertz CT molecular complexity index is 302. The first-order chi connectivity index (χ1) is 7.36. The minimum atomic E-state index is 0.619. The molecule has 1 saturated carbocycles. The molecule has 1 aromatic heterocycles. The van der Waals surface area contributed by atoms with Gasteiger partial charge in [0.05, 0.1) is 0 Å². The molecule has 2 rings (SSSR count). The van der Waals surface area contributed by atoms with Gasteiger partial charge in [-0.25, -0.2) is 0 Å². The lowest BCUT2D eigenvalue weighted by molar-refractivity contribution is 0.512. The molecule has 0 saturated heterocycles. The van der Waals surface area contributed by atoms with Gasteiger partial charge in [-0.05, 0) is 25.7 Å². The number of aromatic nitrogens is 3. The van der Waals surface area contributed by atoms with Gasteiger partial charge in [0.25, 0.3) is 0 Å². The summed E-state index contributed by atoms with van der Waals surface area (Å²) >= 11 is 0. The van der Waals surface area contributed by atoms with Gasteiger partial charge in [-0.3, -0.25) is 0 Å². The first kappa shape index (κ1) is 10.7. The summed E-state index contributed by atoms with van der Waals surface area (Å²) < 4.78 is 2.31. The van der Waals surface area contributed by atoms with Gasteiger partial charge < -0.3 is 4.57 Å². The van der Waals surface area contributed by atoms with Crippen LogP contribution in [0.15, 0.2) is 6.33 Å². The van der Waals surface area contributed by atoms with E-state index in [9.17, 15) is 0 Å². The Balaban J connectivity index is 2.07. The lowest BCUT2D eigenvalue weighted by atomic mass is 9.98. The van der Waals surface area contributed by atoms with E-state index >= 15 is 0 Å². The molecule has 1 fully saturated rings. The molecule has 0 amide bonds. The smallest absolute Gasteiger partial charge is 0.136 e. The summed E-state index contributed by atoms with van der Waals surface area (Å²) in [6, 6.07) is 0.714. The molecular weight excluding hydrogens is 186 g/mol. The zero-order valence-electron chi connectivity index (χ0n) is 9.82. The fourth-order valence-electron chi connectivity index (χ4n) is 2.14. The lowest BCUT2D eigenvalue weighted by Gasteiger charge is -2.14. The van der Waals surface area contributed by atoms with Crippen LogP contribution in [0.1, 0.15) is 70.2 Å². The maximum absolute atomic E-state index is 4.31. The minimum absolute atomic E-state index is 0.619. The van der Waals surface area contributed by atoms with Crippen molar-refractivity contribution >= 4 is 0 Å². The van der Waals surface area contributed by atoms with Gasteiger partial charge in [0.15, 0.2) is 0 Å². The van der Waals surface area contributed by atoms with Crippen molar-refractivity contribution in [2.75, 3.05) is 0 Å². The second-order valence-corrected chi connectivity index (χ2v) is 4.57. The number of rotatable bonds is 6. The monoisotopic (exact) mass is 207 g/mol.